The second kappa shape index (κ2) is 7.03. The second-order valence-corrected chi connectivity index (χ2v) is 7.47. The molecule has 0 bridgehead atoms. The Bertz CT molecular complexity index is 1240. The number of anilines is 1. The highest BCUT2D eigenvalue weighted by molar-refractivity contribution is 7.21. The quantitative estimate of drug-likeness (QED) is 0.278. The van der Waals surface area contributed by atoms with Crippen molar-refractivity contribution < 1.29 is 9.72 Å². The highest BCUT2D eigenvalue weighted by atomic mass is 35.5. The Labute approximate surface area is 168 Å². The minimum Gasteiger partial charge on any atom is -0.397 e. The molecule has 0 atom stereocenters. The van der Waals surface area contributed by atoms with Crippen molar-refractivity contribution in [2.45, 2.75) is 0 Å². The van der Waals surface area contributed by atoms with Gasteiger partial charge in [-0.15, -0.1) is 11.3 Å². The number of fused-ring (bicyclic) bond motifs is 1. The van der Waals surface area contributed by atoms with Gasteiger partial charge in [0.25, 0.3) is 5.69 Å². The van der Waals surface area contributed by atoms with Crippen LogP contribution < -0.4 is 5.73 Å². The molecule has 0 saturated carbocycles. The van der Waals surface area contributed by atoms with Gasteiger partial charge in [0.05, 0.1) is 16.3 Å². The molecule has 0 aliphatic heterocycles. The number of ketones is 1. The van der Waals surface area contributed by atoms with Crippen molar-refractivity contribution in [3.8, 4) is 11.3 Å². The van der Waals surface area contributed by atoms with E-state index in [1.54, 1.807) is 12.1 Å². The van der Waals surface area contributed by atoms with E-state index in [9.17, 15) is 14.9 Å². The van der Waals surface area contributed by atoms with Gasteiger partial charge in [-0.1, -0.05) is 35.9 Å². The number of aromatic nitrogens is 1. The number of nitro groups is 1. The topological polar surface area (TPSA) is 99.1 Å². The maximum Gasteiger partial charge on any atom is 0.270 e. The van der Waals surface area contributed by atoms with Gasteiger partial charge in [-0.2, -0.15) is 0 Å². The minimum absolute atomic E-state index is 0.145. The number of carbonyl (C=O) groups excluding carboxylic acids is 1. The number of nitrogen functional groups attached to an aromatic ring is 1. The first kappa shape index (κ1) is 18.1. The predicted octanol–water partition coefficient (Wildman–Crippen LogP) is 5.34. The largest absolute Gasteiger partial charge is 0.397 e. The highest BCUT2D eigenvalue weighted by Gasteiger charge is 2.20. The zero-order chi connectivity index (χ0) is 19.8. The van der Waals surface area contributed by atoms with Crippen LogP contribution in [0.4, 0.5) is 11.4 Å². The molecule has 0 radical (unpaired) electrons. The first-order valence-corrected chi connectivity index (χ1v) is 9.37. The molecular weight excluding hydrogens is 398 g/mol. The van der Waals surface area contributed by atoms with Crippen molar-refractivity contribution in [2.75, 3.05) is 5.73 Å². The predicted molar refractivity (Wildman–Crippen MR) is 111 cm³/mol. The smallest absolute Gasteiger partial charge is 0.270 e. The zero-order valence-electron chi connectivity index (χ0n) is 14.3. The molecule has 4 aromatic rings. The maximum atomic E-state index is 12.9. The number of pyridine rings is 1. The number of rotatable bonds is 4. The number of carbonyl (C=O) groups is 1. The summed E-state index contributed by atoms with van der Waals surface area (Å²) >= 11 is 7.10. The zero-order valence-corrected chi connectivity index (χ0v) is 15.8. The Morgan fingerprint density at radius 1 is 1.11 bits per heavy atom. The third-order valence-electron chi connectivity index (χ3n) is 4.26. The van der Waals surface area contributed by atoms with Crippen LogP contribution in [0.1, 0.15) is 15.2 Å². The summed E-state index contributed by atoms with van der Waals surface area (Å²) in [6, 6.07) is 16.5. The lowest BCUT2D eigenvalue weighted by Gasteiger charge is -2.01. The van der Waals surface area contributed by atoms with Gasteiger partial charge in [0, 0.05) is 33.7 Å². The molecule has 138 valence electrons. The average molecular weight is 410 g/mol. The van der Waals surface area contributed by atoms with Gasteiger partial charge >= 0.3 is 0 Å². The van der Waals surface area contributed by atoms with E-state index in [4.69, 9.17) is 17.3 Å². The van der Waals surface area contributed by atoms with Gasteiger partial charge in [0.15, 0.2) is 0 Å². The fourth-order valence-electron chi connectivity index (χ4n) is 2.84. The van der Waals surface area contributed by atoms with Crippen LogP contribution in [0.5, 0.6) is 0 Å². The molecule has 0 fully saturated rings. The molecule has 2 aromatic carbocycles. The first-order chi connectivity index (χ1) is 13.4. The number of nitro benzene ring substituents is 1. The van der Waals surface area contributed by atoms with E-state index in [0.717, 1.165) is 11.3 Å². The monoisotopic (exact) mass is 409 g/mol. The summed E-state index contributed by atoms with van der Waals surface area (Å²) in [6.45, 7) is 0. The average Bonchev–Trinajstić information content (AvgIpc) is 3.04. The molecule has 0 aliphatic carbocycles. The van der Waals surface area contributed by atoms with Gasteiger partial charge in [-0.3, -0.25) is 14.9 Å². The fraction of sp³-hybridized carbons (Fsp3) is 0. The van der Waals surface area contributed by atoms with E-state index in [1.807, 2.05) is 24.3 Å². The number of halogens is 1. The van der Waals surface area contributed by atoms with Crippen molar-refractivity contribution in [1.82, 2.24) is 4.98 Å². The Kier molecular flexibility index (Phi) is 4.54. The number of benzene rings is 2. The van der Waals surface area contributed by atoms with Crippen LogP contribution in [-0.4, -0.2) is 15.7 Å². The van der Waals surface area contributed by atoms with Gasteiger partial charge in [0.1, 0.15) is 9.71 Å². The van der Waals surface area contributed by atoms with Crippen LogP contribution >= 0.6 is 22.9 Å². The number of nitrogens with zero attached hydrogens (tertiary/aromatic N) is 2. The molecule has 0 saturated heterocycles. The van der Waals surface area contributed by atoms with Crippen LogP contribution in [0.3, 0.4) is 0 Å². The summed E-state index contributed by atoms with van der Waals surface area (Å²) in [4.78, 5) is 28.9. The standard InChI is InChI=1S/C20H12ClN3O3S/c21-13-6-4-11(5-7-13)16-9-8-15-17(22)19(28-20(15)23-16)18(25)12-2-1-3-14(10-12)24(26)27/h1-10H,22H2. The maximum absolute atomic E-state index is 12.9. The molecule has 0 aliphatic rings. The first-order valence-electron chi connectivity index (χ1n) is 8.18. The summed E-state index contributed by atoms with van der Waals surface area (Å²) in [5.41, 5.74) is 8.21. The molecule has 6 nitrogen and oxygen atoms in total. The number of nitrogens with two attached hydrogens (primary N) is 1. The molecular formula is C20H12ClN3O3S. The Hall–Kier alpha value is -3.29. The van der Waals surface area contributed by atoms with Crippen LogP contribution in [0, 0.1) is 10.1 Å². The van der Waals surface area contributed by atoms with Crippen LogP contribution in [0.15, 0.2) is 60.7 Å². The Morgan fingerprint density at radius 2 is 1.86 bits per heavy atom. The third-order valence-corrected chi connectivity index (χ3v) is 5.63. The number of hydrogen-bond acceptors (Lipinski definition) is 6. The van der Waals surface area contributed by atoms with Crippen molar-refractivity contribution in [3.05, 3.63) is 86.2 Å². The van der Waals surface area contributed by atoms with E-state index in [1.165, 1.54) is 35.6 Å². The van der Waals surface area contributed by atoms with Crippen LogP contribution in [-0.2, 0) is 0 Å². The van der Waals surface area contributed by atoms with E-state index in [0.29, 0.717) is 25.8 Å². The highest BCUT2D eigenvalue weighted by Crippen LogP contribution is 2.36. The summed E-state index contributed by atoms with van der Waals surface area (Å²) in [7, 11) is 0. The summed E-state index contributed by atoms with van der Waals surface area (Å²) in [6.07, 6.45) is 0. The number of non-ortho nitro benzene ring substituents is 1. The molecule has 2 aromatic heterocycles. The van der Waals surface area contributed by atoms with Gasteiger partial charge in [-0.25, -0.2) is 4.98 Å². The van der Waals surface area contributed by atoms with Crippen LogP contribution in [0.2, 0.25) is 5.02 Å². The minimum atomic E-state index is -0.537. The number of hydrogen-bond donors (Lipinski definition) is 1. The summed E-state index contributed by atoms with van der Waals surface area (Å²) in [5, 5.41) is 12.3. The Morgan fingerprint density at radius 3 is 2.57 bits per heavy atom. The van der Waals surface area contributed by atoms with Gasteiger partial charge < -0.3 is 5.73 Å². The van der Waals surface area contributed by atoms with Crippen molar-refractivity contribution in [1.29, 1.82) is 0 Å². The second-order valence-electron chi connectivity index (χ2n) is 6.04. The lowest BCUT2D eigenvalue weighted by Crippen LogP contribution is -2.02. The van der Waals surface area contributed by atoms with E-state index in [-0.39, 0.29) is 17.0 Å². The molecule has 0 amide bonds. The normalized spacial score (nSPS) is 10.9. The Balaban J connectivity index is 1.77. The van der Waals surface area contributed by atoms with Gasteiger partial charge in [0.2, 0.25) is 5.78 Å². The van der Waals surface area contributed by atoms with Crippen molar-refractivity contribution >= 4 is 50.3 Å². The van der Waals surface area contributed by atoms with Crippen molar-refractivity contribution in [2.24, 2.45) is 0 Å². The molecule has 0 unspecified atom stereocenters. The molecule has 8 heteroatoms. The molecule has 28 heavy (non-hydrogen) atoms. The van der Waals surface area contributed by atoms with Crippen molar-refractivity contribution in [3.63, 3.8) is 0 Å². The molecule has 0 spiro atoms. The van der Waals surface area contributed by atoms with Gasteiger partial charge in [-0.05, 0) is 24.3 Å². The number of thiophene rings is 1. The van der Waals surface area contributed by atoms with E-state index < -0.39 is 4.92 Å². The molecule has 2 heterocycles. The van der Waals surface area contributed by atoms with E-state index in [2.05, 4.69) is 4.98 Å². The summed E-state index contributed by atoms with van der Waals surface area (Å²) < 4.78 is 0. The lowest BCUT2D eigenvalue weighted by atomic mass is 10.1. The van der Waals surface area contributed by atoms with Crippen LogP contribution in [0.25, 0.3) is 21.5 Å². The fourth-order valence-corrected chi connectivity index (χ4v) is 4.02. The lowest BCUT2D eigenvalue weighted by molar-refractivity contribution is -0.384. The third kappa shape index (κ3) is 3.21. The van der Waals surface area contributed by atoms with E-state index >= 15 is 0 Å². The molecule has 4 rings (SSSR count). The SMILES string of the molecule is Nc1c(C(=O)c2cccc([N+](=O)[O-])c2)sc2nc(-c3ccc(Cl)cc3)ccc12. The molecule has 2 N–H and O–H groups in total. The summed E-state index contributed by atoms with van der Waals surface area (Å²) in [5.74, 6) is -0.364.